The number of piperidine rings is 1. The molecule has 0 unspecified atom stereocenters. The second-order valence-electron chi connectivity index (χ2n) is 8.50. The Hall–Kier alpha value is -3.02. The highest BCUT2D eigenvalue weighted by molar-refractivity contribution is 5.94. The highest BCUT2D eigenvalue weighted by Crippen LogP contribution is 2.25. The van der Waals surface area contributed by atoms with Crippen LogP contribution in [0.4, 0.5) is 4.39 Å². The molecule has 0 bridgehead atoms. The largest absolute Gasteiger partial charge is 0.348 e. The van der Waals surface area contributed by atoms with Gasteiger partial charge < -0.3 is 16.4 Å². The first kappa shape index (κ1) is 22.2. The Morgan fingerprint density at radius 2 is 1.75 bits per heavy atom. The number of nitrogens with two attached hydrogens (primary N) is 1. The first-order valence-corrected chi connectivity index (χ1v) is 11.3. The van der Waals surface area contributed by atoms with Crippen molar-refractivity contribution in [1.82, 2.24) is 10.6 Å². The van der Waals surface area contributed by atoms with E-state index in [-0.39, 0.29) is 11.7 Å². The lowest BCUT2D eigenvalue weighted by Crippen LogP contribution is -2.28. The lowest BCUT2D eigenvalue weighted by molar-refractivity contribution is 0.0950. The van der Waals surface area contributed by atoms with E-state index < -0.39 is 0 Å². The molecule has 3 aromatic carbocycles. The Morgan fingerprint density at radius 1 is 0.969 bits per heavy atom. The normalized spacial score (nSPS) is 14.3. The molecule has 4 nitrogen and oxygen atoms in total. The molecule has 3 aromatic rings. The molecule has 0 spiro atoms. The van der Waals surface area contributed by atoms with Gasteiger partial charge in [0.1, 0.15) is 5.82 Å². The van der Waals surface area contributed by atoms with E-state index in [1.807, 2.05) is 42.5 Å². The van der Waals surface area contributed by atoms with Gasteiger partial charge in [-0.05, 0) is 90.9 Å². The van der Waals surface area contributed by atoms with Crippen molar-refractivity contribution in [2.24, 2.45) is 11.7 Å². The molecule has 1 aliphatic heterocycles. The third-order valence-corrected chi connectivity index (χ3v) is 6.13. The van der Waals surface area contributed by atoms with Crippen LogP contribution in [0.25, 0.3) is 11.1 Å². The molecule has 4 rings (SSSR count). The zero-order valence-electron chi connectivity index (χ0n) is 18.2. The summed E-state index contributed by atoms with van der Waals surface area (Å²) in [5, 5.41) is 6.37. The average molecular weight is 432 g/mol. The molecule has 4 N–H and O–H groups in total. The zero-order valence-corrected chi connectivity index (χ0v) is 18.2. The van der Waals surface area contributed by atoms with Crippen LogP contribution in [0.1, 0.15) is 39.9 Å². The third-order valence-electron chi connectivity index (χ3n) is 6.13. The lowest BCUT2D eigenvalue weighted by Gasteiger charge is -2.22. The zero-order chi connectivity index (χ0) is 22.3. The summed E-state index contributed by atoms with van der Waals surface area (Å²) in [6.45, 7) is 2.88. The van der Waals surface area contributed by atoms with E-state index in [0.29, 0.717) is 30.1 Å². The Bertz CT molecular complexity index is 1080. The minimum absolute atomic E-state index is 0.117. The quantitative estimate of drug-likeness (QED) is 0.519. The average Bonchev–Trinajstić information content (AvgIpc) is 2.84. The van der Waals surface area contributed by atoms with Gasteiger partial charge in [0, 0.05) is 24.2 Å². The van der Waals surface area contributed by atoms with Crippen molar-refractivity contribution in [2.45, 2.75) is 32.4 Å². The molecule has 5 heteroatoms. The van der Waals surface area contributed by atoms with Crippen LogP contribution in [0.15, 0.2) is 66.7 Å². The maximum Gasteiger partial charge on any atom is 0.251 e. The van der Waals surface area contributed by atoms with E-state index in [4.69, 9.17) is 5.73 Å². The van der Waals surface area contributed by atoms with Crippen molar-refractivity contribution in [3.63, 3.8) is 0 Å². The fraction of sp³-hybridized carbons (Fsp3) is 0.296. The molecule has 1 heterocycles. The van der Waals surface area contributed by atoms with Gasteiger partial charge in [-0.15, -0.1) is 0 Å². The number of benzene rings is 3. The highest BCUT2D eigenvalue weighted by Gasteiger charge is 2.15. The molecule has 0 atom stereocenters. The fourth-order valence-corrected chi connectivity index (χ4v) is 4.31. The molecular formula is C27H30FN3O. The molecule has 1 aliphatic rings. The van der Waals surface area contributed by atoms with E-state index in [1.54, 1.807) is 12.1 Å². The van der Waals surface area contributed by atoms with E-state index in [2.05, 4.69) is 16.7 Å². The number of hydrogen-bond acceptors (Lipinski definition) is 3. The van der Waals surface area contributed by atoms with Gasteiger partial charge in [0.05, 0.1) is 0 Å². The smallest absolute Gasteiger partial charge is 0.251 e. The monoisotopic (exact) mass is 431 g/mol. The number of hydrogen-bond donors (Lipinski definition) is 3. The van der Waals surface area contributed by atoms with Gasteiger partial charge in [-0.2, -0.15) is 0 Å². The minimum atomic E-state index is -0.292. The minimum Gasteiger partial charge on any atom is -0.348 e. The molecule has 32 heavy (non-hydrogen) atoms. The van der Waals surface area contributed by atoms with Gasteiger partial charge >= 0.3 is 0 Å². The number of carbonyl (C=O) groups excluding carboxylic acids is 1. The molecule has 166 valence electrons. The topological polar surface area (TPSA) is 67.1 Å². The maximum atomic E-state index is 14.5. The van der Waals surface area contributed by atoms with E-state index in [9.17, 15) is 9.18 Å². The molecular weight excluding hydrogens is 401 g/mol. The van der Waals surface area contributed by atoms with Gasteiger partial charge in [0.15, 0.2) is 0 Å². The molecule has 1 amide bonds. The van der Waals surface area contributed by atoms with Crippen molar-refractivity contribution in [2.75, 3.05) is 13.1 Å². The van der Waals surface area contributed by atoms with Crippen molar-refractivity contribution in [1.29, 1.82) is 0 Å². The summed E-state index contributed by atoms with van der Waals surface area (Å²) < 4.78 is 14.5. The number of halogens is 1. The van der Waals surface area contributed by atoms with E-state index in [0.717, 1.165) is 36.2 Å². The Kier molecular flexibility index (Phi) is 7.30. The molecule has 0 radical (unpaired) electrons. The number of carbonyl (C=O) groups is 1. The first-order valence-electron chi connectivity index (χ1n) is 11.3. The molecule has 0 aromatic heterocycles. The highest BCUT2D eigenvalue weighted by atomic mass is 19.1. The van der Waals surface area contributed by atoms with Crippen LogP contribution in [-0.2, 0) is 19.5 Å². The van der Waals surface area contributed by atoms with Crippen LogP contribution in [0, 0.1) is 11.7 Å². The van der Waals surface area contributed by atoms with Gasteiger partial charge in [-0.3, -0.25) is 4.79 Å². The Morgan fingerprint density at radius 3 is 2.56 bits per heavy atom. The van der Waals surface area contributed by atoms with Gasteiger partial charge in [-0.25, -0.2) is 4.39 Å². The van der Waals surface area contributed by atoms with Crippen LogP contribution in [-0.4, -0.2) is 19.0 Å². The van der Waals surface area contributed by atoms with Gasteiger partial charge in [0.25, 0.3) is 5.91 Å². The van der Waals surface area contributed by atoms with Crippen LogP contribution in [0.3, 0.4) is 0 Å². The van der Waals surface area contributed by atoms with Crippen LogP contribution in [0.2, 0.25) is 0 Å². The SMILES string of the molecule is NCc1cccc(-c2cc(CNC(=O)c3cccc(CC4CCNCC4)c3)ccc2F)c1. The second kappa shape index (κ2) is 10.5. The number of amides is 1. The van der Waals surface area contributed by atoms with Gasteiger partial charge in [0.2, 0.25) is 0 Å². The Balaban J connectivity index is 1.42. The summed E-state index contributed by atoms with van der Waals surface area (Å²) in [6, 6.07) is 20.4. The summed E-state index contributed by atoms with van der Waals surface area (Å²) in [5.41, 5.74) is 10.7. The fourth-order valence-electron chi connectivity index (χ4n) is 4.31. The summed E-state index contributed by atoms with van der Waals surface area (Å²) in [4.78, 5) is 12.8. The third kappa shape index (κ3) is 5.61. The molecule has 1 fully saturated rings. The van der Waals surface area contributed by atoms with Crippen molar-refractivity contribution >= 4 is 5.91 Å². The van der Waals surface area contributed by atoms with E-state index in [1.165, 1.54) is 24.5 Å². The predicted molar refractivity (Wildman–Crippen MR) is 127 cm³/mol. The molecule has 1 saturated heterocycles. The summed E-state index contributed by atoms with van der Waals surface area (Å²) >= 11 is 0. The van der Waals surface area contributed by atoms with Crippen molar-refractivity contribution in [3.8, 4) is 11.1 Å². The summed E-state index contributed by atoms with van der Waals surface area (Å²) in [6.07, 6.45) is 3.36. The first-order chi connectivity index (χ1) is 15.6. The van der Waals surface area contributed by atoms with E-state index >= 15 is 0 Å². The van der Waals surface area contributed by atoms with Gasteiger partial charge in [-0.1, -0.05) is 36.4 Å². The standard InChI is InChI=1S/C27H30FN3O/c28-26-8-7-22(16-25(26)23-5-2-4-21(15-23)17-29)18-31-27(32)24-6-1-3-20(14-24)13-19-9-11-30-12-10-19/h1-8,14-16,19,30H,9-13,17-18,29H2,(H,31,32). The van der Waals surface area contributed by atoms with Crippen LogP contribution < -0.4 is 16.4 Å². The lowest BCUT2D eigenvalue weighted by atomic mass is 9.90. The van der Waals surface area contributed by atoms with Crippen molar-refractivity contribution < 1.29 is 9.18 Å². The number of nitrogens with one attached hydrogen (secondary N) is 2. The predicted octanol–water partition coefficient (Wildman–Crippen LogP) is 4.42. The second-order valence-corrected chi connectivity index (χ2v) is 8.50. The summed E-state index contributed by atoms with van der Waals surface area (Å²) in [5.74, 6) is 0.262. The van der Waals surface area contributed by atoms with Crippen LogP contribution >= 0.6 is 0 Å². The number of rotatable bonds is 7. The summed E-state index contributed by atoms with van der Waals surface area (Å²) in [7, 11) is 0. The molecule has 0 saturated carbocycles. The molecule has 0 aliphatic carbocycles. The van der Waals surface area contributed by atoms with Crippen molar-refractivity contribution in [3.05, 3.63) is 94.8 Å². The maximum absolute atomic E-state index is 14.5. The van der Waals surface area contributed by atoms with Crippen LogP contribution in [0.5, 0.6) is 0 Å². The Labute approximate surface area is 189 Å².